The number of sulfone groups is 1. The molecule has 3 aliphatic rings. The lowest BCUT2D eigenvalue weighted by atomic mass is 10.1. The van der Waals surface area contributed by atoms with Crippen molar-refractivity contribution >= 4 is 33.4 Å². The van der Waals surface area contributed by atoms with Gasteiger partial charge in [0.25, 0.3) is 5.22 Å². The first-order valence-corrected chi connectivity index (χ1v) is 13.6. The van der Waals surface area contributed by atoms with Crippen LogP contribution in [0.5, 0.6) is 0 Å². The van der Waals surface area contributed by atoms with E-state index in [0.29, 0.717) is 56.7 Å². The lowest BCUT2D eigenvalue weighted by Crippen LogP contribution is -2.51. The molecule has 2 amide bonds. The van der Waals surface area contributed by atoms with Crippen LogP contribution in [0.1, 0.15) is 25.2 Å². The van der Waals surface area contributed by atoms with Gasteiger partial charge in [-0.3, -0.25) is 14.5 Å². The third kappa shape index (κ3) is 6.19. The van der Waals surface area contributed by atoms with Gasteiger partial charge in [-0.25, -0.2) is 8.42 Å². The highest BCUT2D eigenvalue weighted by atomic mass is 32.2. The van der Waals surface area contributed by atoms with Gasteiger partial charge in [-0.1, -0.05) is 11.8 Å². The molecular weight excluding hydrogens is 442 g/mol. The summed E-state index contributed by atoms with van der Waals surface area (Å²) in [5.74, 6) is 1.26. The van der Waals surface area contributed by atoms with Gasteiger partial charge in [0.15, 0.2) is 9.84 Å². The Labute approximate surface area is 186 Å². The number of hydrogen-bond acceptors (Lipinski definition) is 9. The van der Waals surface area contributed by atoms with Gasteiger partial charge in [-0.2, -0.15) is 0 Å². The Hall–Kier alpha value is -1.66. The lowest BCUT2D eigenvalue weighted by Gasteiger charge is -2.34. The lowest BCUT2D eigenvalue weighted by molar-refractivity contribution is -0.133. The highest BCUT2D eigenvalue weighted by Gasteiger charge is 2.30. The highest BCUT2D eigenvalue weighted by Crippen LogP contribution is 2.24. The number of aromatic nitrogens is 2. The minimum atomic E-state index is -2.93. The van der Waals surface area contributed by atoms with E-state index in [4.69, 9.17) is 4.42 Å². The van der Waals surface area contributed by atoms with E-state index in [1.54, 1.807) is 0 Å². The Bertz CT molecular complexity index is 891. The minimum Gasteiger partial charge on any atom is -0.416 e. The second kappa shape index (κ2) is 9.86. The topological polar surface area (TPSA) is 117 Å². The van der Waals surface area contributed by atoms with Crippen LogP contribution >= 0.6 is 11.8 Å². The van der Waals surface area contributed by atoms with Crippen LogP contribution in [0.3, 0.4) is 0 Å². The first kappa shape index (κ1) is 22.5. The van der Waals surface area contributed by atoms with Crippen molar-refractivity contribution in [3.05, 3.63) is 5.89 Å². The molecule has 31 heavy (non-hydrogen) atoms. The van der Waals surface area contributed by atoms with Crippen LogP contribution in [0.15, 0.2) is 9.64 Å². The zero-order valence-electron chi connectivity index (χ0n) is 17.6. The zero-order chi connectivity index (χ0) is 21.8. The number of likely N-dealkylation sites (tertiary alicyclic amines) is 1. The normalized spacial score (nSPS) is 24.1. The molecular formula is C19H29N5O5S2. The number of thioether (sulfide) groups is 1. The summed E-state index contributed by atoms with van der Waals surface area (Å²) in [6.07, 6.45) is 3.27. The number of hydrogen-bond donors (Lipinski definition) is 0. The van der Waals surface area contributed by atoms with Crippen molar-refractivity contribution in [1.82, 2.24) is 24.9 Å². The summed E-state index contributed by atoms with van der Waals surface area (Å²) in [4.78, 5) is 30.7. The van der Waals surface area contributed by atoms with Gasteiger partial charge in [0.1, 0.15) is 0 Å². The monoisotopic (exact) mass is 471 g/mol. The predicted molar refractivity (Wildman–Crippen MR) is 114 cm³/mol. The van der Waals surface area contributed by atoms with E-state index < -0.39 is 9.84 Å². The maximum absolute atomic E-state index is 12.5. The molecule has 3 aliphatic heterocycles. The Morgan fingerprint density at radius 1 is 1.00 bits per heavy atom. The van der Waals surface area contributed by atoms with Crippen LogP contribution in [0, 0.1) is 5.92 Å². The molecule has 1 aromatic heterocycles. The number of carbonyl (C=O) groups is 2. The molecule has 4 heterocycles. The fourth-order valence-electron chi connectivity index (χ4n) is 4.29. The van der Waals surface area contributed by atoms with Gasteiger partial charge in [0.05, 0.1) is 23.8 Å². The first-order chi connectivity index (χ1) is 14.9. The molecule has 0 saturated carbocycles. The predicted octanol–water partition coefficient (Wildman–Crippen LogP) is -0.0945. The Kier molecular flexibility index (Phi) is 7.17. The number of nitrogens with zero attached hydrogens (tertiary/aromatic N) is 5. The van der Waals surface area contributed by atoms with Crippen LogP contribution in [0.25, 0.3) is 0 Å². The van der Waals surface area contributed by atoms with E-state index in [9.17, 15) is 18.0 Å². The molecule has 0 N–H and O–H groups in total. The molecule has 0 radical (unpaired) electrons. The molecule has 0 aliphatic carbocycles. The summed E-state index contributed by atoms with van der Waals surface area (Å²) in [6.45, 7) is 4.78. The summed E-state index contributed by atoms with van der Waals surface area (Å²) in [5.41, 5.74) is 0. The average Bonchev–Trinajstić information content (AvgIpc) is 3.49. The van der Waals surface area contributed by atoms with Crippen LogP contribution < -0.4 is 0 Å². The number of piperazine rings is 1. The third-order valence-electron chi connectivity index (χ3n) is 6.10. The second-order valence-corrected chi connectivity index (χ2v) is 11.6. The second-order valence-electron chi connectivity index (χ2n) is 8.47. The minimum absolute atomic E-state index is 0.0113. The molecule has 3 fully saturated rings. The van der Waals surface area contributed by atoms with Crippen molar-refractivity contribution in [3.8, 4) is 0 Å². The molecule has 0 unspecified atom stereocenters. The van der Waals surface area contributed by atoms with Crippen LogP contribution in [-0.2, 0) is 25.8 Å². The Morgan fingerprint density at radius 3 is 2.39 bits per heavy atom. The molecule has 0 bridgehead atoms. The molecule has 1 atom stereocenters. The van der Waals surface area contributed by atoms with Crippen LogP contribution in [0.4, 0.5) is 0 Å². The Balaban J connectivity index is 1.16. The van der Waals surface area contributed by atoms with E-state index in [1.807, 2.05) is 9.80 Å². The quantitative estimate of drug-likeness (QED) is 0.503. The highest BCUT2D eigenvalue weighted by molar-refractivity contribution is 7.99. The summed E-state index contributed by atoms with van der Waals surface area (Å²) in [6, 6.07) is 0. The fourth-order valence-corrected chi connectivity index (χ4v) is 6.83. The van der Waals surface area contributed by atoms with Crippen LogP contribution in [-0.4, -0.2) is 108 Å². The number of carbonyl (C=O) groups excluding carboxylic acids is 2. The summed E-state index contributed by atoms with van der Waals surface area (Å²) >= 11 is 1.20. The maximum atomic E-state index is 12.5. The third-order valence-corrected chi connectivity index (χ3v) is 8.74. The molecule has 12 heteroatoms. The molecule has 0 aromatic carbocycles. The van der Waals surface area contributed by atoms with Gasteiger partial charge >= 0.3 is 0 Å². The van der Waals surface area contributed by atoms with E-state index >= 15 is 0 Å². The van der Waals surface area contributed by atoms with Gasteiger partial charge in [0, 0.05) is 45.7 Å². The van der Waals surface area contributed by atoms with E-state index in [-0.39, 0.29) is 35.0 Å². The number of amides is 2. The largest absolute Gasteiger partial charge is 0.416 e. The Morgan fingerprint density at radius 2 is 1.71 bits per heavy atom. The molecule has 10 nitrogen and oxygen atoms in total. The summed E-state index contributed by atoms with van der Waals surface area (Å²) in [5, 5.41) is 8.29. The smallest absolute Gasteiger partial charge is 0.277 e. The summed E-state index contributed by atoms with van der Waals surface area (Å²) < 4.78 is 28.7. The maximum Gasteiger partial charge on any atom is 0.277 e. The van der Waals surface area contributed by atoms with E-state index in [2.05, 4.69) is 15.1 Å². The van der Waals surface area contributed by atoms with Gasteiger partial charge in [-0.05, 0) is 25.2 Å². The first-order valence-electron chi connectivity index (χ1n) is 10.8. The van der Waals surface area contributed by atoms with Crippen molar-refractivity contribution in [2.45, 2.75) is 30.9 Å². The van der Waals surface area contributed by atoms with Crippen molar-refractivity contribution in [3.63, 3.8) is 0 Å². The van der Waals surface area contributed by atoms with Crippen molar-refractivity contribution in [2.75, 3.05) is 63.1 Å². The van der Waals surface area contributed by atoms with Crippen molar-refractivity contribution < 1.29 is 22.4 Å². The van der Waals surface area contributed by atoms with Gasteiger partial charge < -0.3 is 14.2 Å². The SMILES string of the molecule is O=C(CSc1nnc(C[C@@H]2CCS(=O)(=O)C2)o1)N1CCN(CC(=O)N2CCCC2)CC1. The molecule has 172 valence electrons. The molecule has 4 rings (SSSR count). The van der Waals surface area contributed by atoms with E-state index in [1.165, 1.54) is 11.8 Å². The fraction of sp³-hybridized carbons (Fsp3) is 0.789. The number of rotatable bonds is 7. The van der Waals surface area contributed by atoms with E-state index in [0.717, 1.165) is 25.9 Å². The van der Waals surface area contributed by atoms with Crippen molar-refractivity contribution in [1.29, 1.82) is 0 Å². The zero-order valence-corrected chi connectivity index (χ0v) is 19.2. The average molecular weight is 472 g/mol. The molecule has 1 aromatic rings. The van der Waals surface area contributed by atoms with Crippen molar-refractivity contribution in [2.24, 2.45) is 5.92 Å². The van der Waals surface area contributed by atoms with Gasteiger partial charge in [-0.15, -0.1) is 10.2 Å². The van der Waals surface area contributed by atoms with Gasteiger partial charge in [0.2, 0.25) is 17.7 Å². The standard InChI is InChI=1S/C19H29N5O5S2/c25-17(23-4-1-2-5-23)12-22-6-8-24(9-7-22)18(26)13-30-19-21-20-16(29-19)11-15-3-10-31(27,28)14-15/h15H,1-14H2/t15-/m0/s1. The molecule has 0 spiro atoms. The summed E-state index contributed by atoms with van der Waals surface area (Å²) in [7, 11) is -2.93. The van der Waals surface area contributed by atoms with Crippen LogP contribution in [0.2, 0.25) is 0 Å². The molecule has 3 saturated heterocycles.